The molecule has 0 bridgehead atoms. The van der Waals surface area contributed by atoms with E-state index in [1.54, 1.807) is 50.5 Å². The van der Waals surface area contributed by atoms with Crippen LogP contribution in [0.1, 0.15) is 0 Å². The average Bonchev–Trinajstić information content (AvgIpc) is 3.38. The Morgan fingerprint density at radius 3 is 2.40 bits per heavy atom. The quantitative estimate of drug-likeness (QED) is 0.255. The van der Waals surface area contributed by atoms with Gasteiger partial charge in [0.15, 0.2) is 17.3 Å². The van der Waals surface area contributed by atoms with Gasteiger partial charge >= 0.3 is 0 Å². The molecule has 0 unspecified atom stereocenters. The second-order valence-electron chi connectivity index (χ2n) is 9.17. The van der Waals surface area contributed by atoms with Gasteiger partial charge in [-0.15, -0.1) is 0 Å². The predicted octanol–water partition coefficient (Wildman–Crippen LogP) is 3.71. The van der Waals surface area contributed by atoms with Crippen molar-refractivity contribution in [1.82, 2.24) is 24.6 Å². The van der Waals surface area contributed by atoms with Crippen LogP contribution < -0.4 is 29.7 Å². The van der Waals surface area contributed by atoms with Gasteiger partial charge in [-0.3, -0.25) is 4.79 Å². The molecule has 0 saturated heterocycles. The third-order valence-electron chi connectivity index (χ3n) is 6.23. The molecule has 4 rings (SSSR count). The summed E-state index contributed by atoms with van der Waals surface area (Å²) in [6.45, 7) is 5.14. The summed E-state index contributed by atoms with van der Waals surface area (Å²) in [7, 11) is 10.7. The molecule has 12 heteroatoms. The number of ether oxygens (including phenoxy) is 3. The Bertz CT molecular complexity index is 1520. The van der Waals surface area contributed by atoms with E-state index in [9.17, 15) is 4.79 Å². The Kier molecular flexibility index (Phi) is 8.70. The number of likely N-dealkylation sites (N-methyl/N-ethyl adjacent to an activating group) is 2. The van der Waals surface area contributed by atoms with E-state index in [1.165, 1.54) is 6.08 Å². The van der Waals surface area contributed by atoms with E-state index in [1.807, 2.05) is 44.2 Å². The summed E-state index contributed by atoms with van der Waals surface area (Å²) in [5, 5.41) is 11.5. The van der Waals surface area contributed by atoms with Crippen molar-refractivity contribution in [3.05, 3.63) is 55.4 Å². The Balaban J connectivity index is 1.71. The highest BCUT2D eigenvalue weighted by Gasteiger charge is 2.17. The van der Waals surface area contributed by atoms with Crippen LogP contribution in [0.5, 0.6) is 17.2 Å². The second kappa shape index (κ2) is 12.3. The minimum Gasteiger partial charge on any atom is -0.494 e. The number of aromatic nitrogens is 4. The highest BCUT2D eigenvalue weighted by atomic mass is 16.5. The Morgan fingerprint density at radius 1 is 1.00 bits per heavy atom. The molecule has 0 aliphatic rings. The maximum Gasteiger partial charge on any atom is 0.247 e. The Hall–Kier alpha value is -4.84. The van der Waals surface area contributed by atoms with Crippen molar-refractivity contribution >= 4 is 39.8 Å². The number of fused-ring (bicyclic) bond motifs is 1. The van der Waals surface area contributed by atoms with Crippen LogP contribution in [0.3, 0.4) is 0 Å². The van der Waals surface area contributed by atoms with E-state index in [4.69, 9.17) is 14.2 Å². The van der Waals surface area contributed by atoms with E-state index < -0.39 is 0 Å². The summed E-state index contributed by atoms with van der Waals surface area (Å²) in [5.74, 6) is 2.28. The lowest BCUT2D eigenvalue weighted by Crippen LogP contribution is -2.29. The van der Waals surface area contributed by atoms with Gasteiger partial charge in [-0.05, 0) is 32.3 Å². The first-order valence-electron chi connectivity index (χ1n) is 12.5. The number of amides is 1. The molecule has 4 aromatic rings. The van der Waals surface area contributed by atoms with E-state index in [-0.39, 0.29) is 5.91 Å². The normalized spacial score (nSPS) is 10.9. The van der Waals surface area contributed by atoms with Crippen molar-refractivity contribution < 1.29 is 19.0 Å². The van der Waals surface area contributed by atoms with Crippen LogP contribution in [0.4, 0.5) is 23.0 Å². The molecule has 0 radical (unpaired) electrons. The van der Waals surface area contributed by atoms with E-state index in [0.717, 1.165) is 29.7 Å². The molecule has 1 amide bonds. The maximum atomic E-state index is 12.3. The number of hydrogen-bond donors (Lipinski definition) is 2. The molecule has 2 aromatic carbocycles. The molecule has 0 atom stereocenters. The third kappa shape index (κ3) is 6.07. The van der Waals surface area contributed by atoms with Crippen molar-refractivity contribution in [2.75, 3.05) is 71.1 Å². The molecule has 2 heterocycles. The number of nitrogens with one attached hydrogen (secondary N) is 2. The smallest absolute Gasteiger partial charge is 0.247 e. The highest BCUT2D eigenvalue weighted by Crippen LogP contribution is 2.38. The summed E-state index contributed by atoms with van der Waals surface area (Å²) < 4.78 is 18.3. The minimum absolute atomic E-state index is 0.314. The van der Waals surface area contributed by atoms with Crippen molar-refractivity contribution in [2.45, 2.75) is 0 Å². The van der Waals surface area contributed by atoms with Crippen LogP contribution >= 0.6 is 0 Å². The van der Waals surface area contributed by atoms with Crippen LogP contribution in [0.15, 0.2) is 55.4 Å². The van der Waals surface area contributed by atoms with Crippen LogP contribution in [-0.4, -0.2) is 86.1 Å². The van der Waals surface area contributed by atoms with Gasteiger partial charge < -0.3 is 34.6 Å². The molecular weight excluding hydrogens is 512 g/mol. The lowest BCUT2D eigenvalue weighted by Gasteiger charge is -2.26. The van der Waals surface area contributed by atoms with Crippen molar-refractivity contribution in [3.8, 4) is 23.1 Å². The zero-order valence-electron chi connectivity index (χ0n) is 23.6. The van der Waals surface area contributed by atoms with Gasteiger partial charge in [0.25, 0.3) is 0 Å². The summed E-state index contributed by atoms with van der Waals surface area (Å²) in [4.78, 5) is 25.5. The van der Waals surface area contributed by atoms with E-state index in [0.29, 0.717) is 40.4 Å². The molecule has 12 nitrogen and oxygen atoms in total. The fraction of sp³-hybridized carbons (Fsp3) is 0.286. The monoisotopic (exact) mass is 546 g/mol. The molecule has 0 saturated carbocycles. The fourth-order valence-corrected chi connectivity index (χ4v) is 4.09. The highest BCUT2D eigenvalue weighted by molar-refractivity contribution is 6.02. The van der Waals surface area contributed by atoms with Gasteiger partial charge in [-0.2, -0.15) is 10.1 Å². The first kappa shape index (κ1) is 28.2. The lowest BCUT2D eigenvalue weighted by molar-refractivity contribution is -0.111. The molecule has 0 fully saturated rings. The van der Waals surface area contributed by atoms with Crippen molar-refractivity contribution in [3.63, 3.8) is 0 Å². The van der Waals surface area contributed by atoms with Crippen LogP contribution in [0.2, 0.25) is 0 Å². The van der Waals surface area contributed by atoms with Gasteiger partial charge in [0.1, 0.15) is 5.75 Å². The second-order valence-corrected chi connectivity index (χ2v) is 9.17. The number of carbonyl (C=O) groups is 1. The lowest BCUT2D eigenvalue weighted by atomic mass is 10.2. The largest absolute Gasteiger partial charge is 0.494 e. The third-order valence-corrected chi connectivity index (χ3v) is 6.23. The summed E-state index contributed by atoms with van der Waals surface area (Å²) in [5.41, 5.74) is 2.74. The molecule has 2 aromatic heterocycles. The minimum atomic E-state index is -0.325. The van der Waals surface area contributed by atoms with E-state index in [2.05, 4.69) is 37.2 Å². The average molecular weight is 547 g/mol. The fourth-order valence-electron chi connectivity index (χ4n) is 4.09. The number of hydrogen-bond acceptors (Lipinski definition) is 10. The van der Waals surface area contributed by atoms with Crippen molar-refractivity contribution in [2.24, 2.45) is 0 Å². The topological polar surface area (TPSA) is 119 Å². The van der Waals surface area contributed by atoms with Crippen LogP contribution in [-0.2, 0) is 4.79 Å². The Morgan fingerprint density at radius 2 is 1.73 bits per heavy atom. The van der Waals surface area contributed by atoms with Gasteiger partial charge in [0.05, 0.1) is 50.1 Å². The molecule has 2 N–H and O–H groups in total. The first-order chi connectivity index (χ1) is 19.3. The van der Waals surface area contributed by atoms with Gasteiger partial charge in [0, 0.05) is 49.9 Å². The maximum absolute atomic E-state index is 12.3. The number of nitrogens with zero attached hydrogens (tertiary/aromatic N) is 6. The molecule has 0 spiro atoms. The summed E-state index contributed by atoms with van der Waals surface area (Å²) in [6.07, 6.45) is 4.59. The molecule has 40 heavy (non-hydrogen) atoms. The number of carbonyl (C=O) groups excluding carboxylic acids is 1. The van der Waals surface area contributed by atoms with Gasteiger partial charge in [-0.25, -0.2) is 9.67 Å². The van der Waals surface area contributed by atoms with Crippen LogP contribution in [0, 0.1) is 0 Å². The number of rotatable bonds is 12. The van der Waals surface area contributed by atoms with Crippen molar-refractivity contribution in [1.29, 1.82) is 0 Å². The summed E-state index contributed by atoms with van der Waals surface area (Å²) >= 11 is 0. The zero-order chi connectivity index (χ0) is 28.8. The number of methoxy groups -OCH3 is 3. The first-order valence-corrected chi connectivity index (χ1v) is 12.5. The van der Waals surface area contributed by atoms with E-state index >= 15 is 0 Å². The predicted molar refractivity (Wildman–Crippen MR) is 157 cm³/mol. The zero-order valence-corrected chi connectivity index (χ0v) is 23.6. The van der Waals surface area contributed by atoms with Gasteiger partial charge in [0.2, 0.25) is 11.9 Å². The molecule has 0 aliphatic heterocycles. The molecule has 210 valence electrons. The Labute approximate surface area is 233 Å². The van der Waals surface area contributed by atoms with Gasteiger partial charge in [-0.1, -0.05) is 6.58 Å². The summed E-state index contributed by atoms with van der Waals surface area (Å²) in [6, 6.07) is 9.11. The molecule has 0 aliphatic carbocycles. The van der Waals surface area contributed by atoms with Crippen LogP contribution in [0.25, 0.3) is 16.7 Å². The molecular formula is C28H34N8O4. The number of anilines is 4. The number of benzene rings is 2. The SMILES string of the molecule is C=CC(=O)Nc1cc(Nc2nccc(-n3ncc4cc(OC)c(OC)cc43)n2)c(OC)cc1N(C)CCN(C)C. The standard InChI is InChI=1S/C28H34N8O4/c1-8-27(37)31-19-14-20(23(38-5)16-22(19)35(4)12-11-34(2)3)32-28-29-10-9-26(33-28)36-21-15-25(40-7)24(39-6)13-18(21)17-30-36/h8-10,13-17H,1,11-12H2,2-7H3,(H,31,37)(H,29,32,33).